The zero-order valence-corrected chi connectivity index (χ0v) is 10.6. The van der Waals surface area contributed by atoms with E-state index in [1.54, 1.807) is 0 Å². The van der Waals surface area contributed by atoms with Gasteiger partial charge in [0.15, 0.2) is 0 Å². The summed E-state index contributed by atoms with van der Waals surface area (Å²) in [5.41, 5.74) is 1.39. The van der Waals surface area contributed by atoms with Crippen molar-refractivity contribution >= 4 is 15.9 Å². The quantitative estimate of drug-likeness (QED) is 0.903. The number of likely N-dealkylation sites (N-methyl/N-ethyl adjacent to an activating group) is 1. The van der Waals surface area contributed by atoms with Crippen molar-refractivity contribution in [1.29, 1.82) is 0 Å². The molecule has 0 bridgehead atoms. The Labute approximate surface area is 99.8 Å². The maximum atomic E-state index is 3.63. The number of halogens is 1. The summed E-state index contributed by atoms with van der Waals surface area (Å²) in [6.45, 7) is 3.48. The highest BCUT2D eigenvalue weighted by Crippen LogP contribution is 2.30. The van der Waals surface area contributed by atoms with Gasteiger partial charge in [-0.15, -0.1) is 0 Å². The summed E-state index contributed by atoms with van der Waals surface area (Å²) < 4.78 is 1.22. The van der Waals surface area contributed by atoms with E-state index in [1.807, 2.05) is 7.05 Å². The molecule has 3 heteroatoms. The molecule has 1 heterocycles. The number of likely N-dealkylation sites (tertiary alicyclic amines) is 1. The van der Waals surface area contributed by atoms with Gasteiger partial charge in [0.2, 0.25) is 0 Å². The van der Waals surface area contributed by atoms with Gasteiger partial charge >= 0.3 is 0 Å². The fraction of sp³-hybridized carbons (Fsp3) is 0.500. The number of nitrogens with one attached hydrogen (secondary N) is 1. The minimum Gasteiger partial charge on any atom is -0.318 e. The van der Waals surface area contributed by atoms with Crippen LogP contribution < -0.4 is 5.32 Å². The predicted octanol–water partition coefficient (Wildman–Crippen LogP) is 2.42. The average molecular weight is 269 g/mol. The molecule has 1 fully saturated rings. The van der Waals surface area contributed by atoms with Crippen molar-refractivity contribution in [2.45, 2.75) is 12.5 Å². The highest BCUT2D eigenvalue weighted by molar-refractivity contribution is 9.10. The highest BCUT2D eigenvalue weighted by Gasteiger charge is 2.25. The summed E-state index contributed by atoms with van der Waals surface area (Å²) >= 11 is 3.63. The lowest BCUT2D eigenvalue weighted by Crippen LogP contribution is -2.43. The van der Waals surface area contributed by atoms with Gasteiger partial charge in [-0.25, -0.2) is 0 Å². The van der Waals surface area contributed by atoms with Gasteiger partial charge in [0.1, 0.15) is 0 Å². The van der Waals surface area contributed by atoms with E-state index >= 15 is 0 Å². The molecule has 82 valence electrons. The van der Waals surface area contributed by atoms with Crippen LogP contribution in [0, 0.1) is 0 Å². The molecule has 15 heavy (non-hydrogen) atoms. The Bertz CT molecular complexity index is 323. The summed E-state index contributed by atoms with van der Waals surface area (Å²) in [7, 11) is 2.02. The fourth-order valence-electron chi connectivity index (χ4n) is 2.03. The summed E-state index contributed by atoms with van der Waals surface area (Å²) in [6, 6.07) is 9.03. The largest absolute Gasteiger partial charge is 0.318 e. The van der Waals surface area contributed by atoms with Crippen molar-refractivity contribution in [1.82, 2.24) is 10.2 Å². The smallest absolute Gasteiger partial charge is 0.0483 e. The van der Waals surface area contributed by atoms with E-state index < -0.39 is 0 Å². The van der Waals surface area contributed by atoms with Crippen LogP contribution in [0.2, 0.25) is 0 Å². The van der Waals surface area contributed by atoms with Gasteiger partial charge in [0, 0.05) is 30.1 Å². The Balaban J connectivity index is 2.19. The molecular formula is C12H17BrN2. The van der Waals surface area contributed by atoms with Crippen molar-refractivity contribution in [3.8, 4) is 0 Å². The lowest BCUT2D eigenvalue weighted by Gasteiger charge is -2.39. The molecule has 1 aliphatic rings. The molecule has 0 radical (unpaired) electrons. The van der Waals surface area contributed by atoms with Crippen LogP contribution in [0.3, 0.4) is 0 Å². The molecule has 2 rings (SSSR count). The molecule has 1 saturated heterocycles. The summed E-state index contributed by atoms with van der Waals surface area (Å²) in [6.07, 6.45) is 1.34. The van der Waals surface area contributed by atoms with Crippen molar-refractivity contribution < 1.29 is 0 Å². The van der Waals surface area contributed by atoms with Gasteiger partial charge in [-0.3, -0.25) is 4.90 Å². The van der Waals surface area contributed by atoms with Crippen LogP contribution >= 0.6 is 15.9 Å². The number of hydrogen-bond acceptors (Lipinski definition) is 2. The van der Waals surface area contributed by atoms with Crippen LogP contribution in [0.25, 0.3) is 0 Å². The van der Waals surface area contributed by atoms with Gasteiger partial charge in [-0.2, -0.15) is 0 Å². The highest BCUT2D eigenvalue weighted by atomic mass is 79.9. The molecule has 1 unspecified atom stereocenters. The van der Waals surface area contributed by atoms with Crippen molar-refractivity contribution in [3.05, 3.63) is 34.3 Å². The standard InChI is InChI=1S/C12H17BrN2/c1-14-9-12(15-7-4-8-15)10-5-2-3-6-11(10)13/h2-3,5-6,12,14H,4,7-9H2,1H3. The first-order chi connectivity index (χ1) is 7.33. The molecular weight excluding hydrogens is 252 g/mol. The third kappa shape index (κ3) is 2.41. The van der Waals surface area contributed by atoms with Gasteiger partial charge in [-0.05, 0) is 25.1 Å². The average Bonchev–Trinajstić information content (AvgIpc) is 2.15. The second kappa shape index (κ2) is 5.10. The number of hydrogen-bond donors (Lipinski definition) is 1. The molecule has 1 aliphatic heterocycles. The van der Waals surface area contributed by atoms with Crippen molar-refractivity contribution in [2.75, 3.05) is 26.7 Å². The number of nitrogens with zero attached hydrogens (tertiary/aromatic N) is 1. The molecule has 1 aromatic carbocycles. The minimum atomic E-state index is 0.513. The van der Waals surface area contributed by atoms with E-state index in [0.717, 1.165) is 6.54 Å². The topological polar surface area (TPSA) is 15.3 Å². The SMILES string of the molecule is CNCC(c1ccccc1Br)N1CCC1. The zero-order valence-electron chi connectivity index (χ0n) is 9.04. The Kier molecular flexibility index (Phi) is 3.78. The molecule has 0 spiro atoms. The van der Waals surface area contributed by atoms with Crippen LogP contribution in [0.5, 0.6) is 0 Å². The molecule has 0 aromatic heterocycles. The predicted molar refractivity (Wildman–Crippen MR) is 67.0 cm³/mol. The minimum absolute atomic E-state index is 0.513. The molecule has 2 nitrogen and oxygen atoms in total. The van der Waals surface area contributed by atoms with Crippen LogP contribution in [0.1, 0.15) is 18.0 Å². The molecule has 1 aromatic rings. The first kappa shape index (κ1) is 11.1. The van der Waals surface area contributed by atoms with E-state index in [2.05, 4.69) is 50.4 Å². The lowest BCUT2D eigenvalue weighted by atomic mass is 10.0. The normalized spacial score (nSPS) is 18.5. The monoisotopic (exact) mass is 268 g/mol. The van der Waals surface area contributed by atoms with E-state index in [0.29, 0.717) is 6.04 Å². The Morgan fingerprint density at radius 3 is 2.67 bits per heavy atom. The van der Waals surface area contributed by atoms with Crippen molar-refractivity contribution in [2.24, 2.45) is 0 Å². The first-order valence-corrected chi connectivity index (χ1v) is 6.25. The third-order valence-corrected chi connectivity index (χ3v) is 3.72. The molecule has 0 aliphatic carbocycles. The second-order valence-corrected chi connectivity index (χ2v) is 4.84. The maximum Gasteiger partial charge on any atom is 0.0483 e. The molecule has 1 N–H and O–H groups in total. The Hall–Kier alpha value is -0.380. The van der Waals surface area contributed by atoms with Crippen LogP contribution in [-0.2, 0) is 0 Å². The van der Waals surface area contributed by atoms with Gasteiger partial charge in [0.25, 0.3) is 0 Å². The second-order valence-electron chi connectivity index (χ2n) is 3.98. The Morgan fingerprint density at radius 2 is 2.13 bits per heavy atom. The van der Waals surface area contributed by atoms with Crippen molar-refractivity contribution in [3.63, 3.8) is 0 Å². The fourth-order valence-corrected chi connectivity index (χ4v) is 2.58. The molecule has 1 atom stereocenters. The summed E-state index contributed by atoms with van der Waals surface area (Å²) in [5, 5.41) is 3.28. The van der Waals surface area contributed by atoms with Gasteiger partial charge < -0.3 is 5.32 Å². The summed E-state index contributed by atoms with van der Waals surface area (Å²) in [4.78, 5) is 2.52. The number of rotatable bonds is 4. The van der Waals surface area contributed by atoms with Crippen LogP contribution in [-0.4, -0.2) is 31.6 Å². The first-order valence-electron chi connectivity index (χ1n) is 5.46. The van der Waals surface area contributed by atoms with Gasteiger partial charge in [0.05, 0.1) is 0 Å². The maximum absolute atomic E-state index is 3.63. The third-order valence-electron chi connectivity index (χ3n) is 2.99. The number of benzene rings is 1. The van der Waals surface area contributed by atoms with Crippen LogP contribution in [0.4, 0.5) is 0 Å². The van der Waals surface area contributed by atoms with Gasteiger partial charge in [-0.1, -0.05) is 34.1 Å². The molecule has 0 amide bonds. The van der Waals surface area contributed by atoms with E-state index in [9.17, 15) is 0 Å². The van der Waals surface area contributed by atoms with E-state index in [4.69, 9.17) is 0 Å². The lowest BCUT2D eigenvalue weighted by molar-refractivity contribution is 0.117. The van der Waals surface area contributed by atoms with E-state index in [1.165, 1.54) is 29.5 Å². The zero-order chi connectivity index (χ0) is 10.7. The van der Waals surface area contributed by atoms with Crippen LogP contribution in [0.15, 0.2) is 28.7 Å². The van der Waals surface area contributed by atoms with E-state index in [-0.39, 0.29) is 0 Å². The molecule has 0 saturated carbocycles. The summed E-state index contributed by atoms with van der Waals surface area (Å²) in [5.74, 6) is 0. The Morgan fingerprint density at radius 1 is 1.40 bits per heavy atom.